The van der Waals surface area contributed by atoms with Crippen molar-refractivity contribution in [2.45, 2.75) is 0 Å². The summed E-state index contributed by atoms with van der Waals surface area (Å²) < 4.78 is 10.5. The predicted molar refractivity (Wildman–Crippen MR) is 99.6 cm³/mol. The van der Waals surface area contributed by atoms with Gasteiger partial charge in [-0.25, -0.2) is 9.97 Å². The van der Waals surface area contributed by atoms with E-state index < -0.39 is 0 Å². The SMILES string of the molecule is COc1ccc(-c2cc(NC(=O)COc3ccc(Cl)cc3)ncn2)cc1. The maximum atomic E-state index is 12.0. The Hall–Kier alpha value is -3.12. The summed E-state index contributed by atoms with van der Waals surface area (Å²) in [5.74, 6) is 1.40. The second-order valence-corrected chi connectivity index (χ2v) is 5.74. The standard InChI is InChI=1S/C19H16ClN3O3/c1-25-15-6-2-13(3-7-15)17-10-18(22-12-21-17)23-19(24)11-26-16-8-4-14(20)5-9-16/h2-10,12H,11H2,1H3,(H,21,22,23,24). The first-order chi connectivity index (χ1) is 12.6. The number of carbonyl (C=O) groups excluding carboxylic acids is 1. The lowest BCUT2D eigenvalue weighted by atomic mass is 10.1. The minimum Gasteiger partial charge on any atom is -0.497 e. The van der Waals surface area contributed by atoms with Gasteiger partial charge in [0, 0.05) is 16.7 Å². The Balaban J connectivity index is 1.62. The van der Waals surface area contributed by atoms with E-state index in [4.69, 9.17) is 21.1 Å². The smallest absolute Gasteiger partial charge is 0.263 e. The fourth-order valence-electron chi connectivity index (χ4n) is 2.20. The Bertz CT molecular complexity index is 883. The highest BCUT2D eigenvalue weighted by Gasteiger charge is 2.07. The van der Waals surface area contributed by atoms with Crippen molar-refractivity contribution in [3.63, 3.8) is 0 Å². The second-order valence-electron chi connectivity index (χ2n) is 5.31. The molecule has 0 aliphatic carbocycles. The molecule has 0 radical (unpaired) electrons. The summed E-state index contributed by atoms with van der Waals surface area (Å²) in [5, 5.41) is 3.30. The van der Waals surface area contributed by atoms with Crippen molar-refractivity contribution in [1.82, 2.24) is 9.97 Å². The van der Waals surface area contributed by atoms with Gasteiger partial charge >= 0.3 is 0 Å². The quantitative estimate of drug-likeness (QED) is 0.715. The van der Waals surface area contributed by atoms with E-state index in [-0.39, 0.29) is 12.5 Å². The van der Waals surface area contributed by atoms with E-state index in [0.29, 0.717) is 22.3 Å². The van der Waals surface area contributed by atoms with Gasteiger partial charge in [0.15, 0.2) is 6.61 Å². The number of ether oxygens (including phenoxy) is 2. The number of hydrogen-bond acceptors (Lipinski definition) is 5. The van der Waals surface area contributed by atoms with Crippen LogP contribution in [0.5, 0.6) is 11.5 Å². The van der Waals surface area contributed by atoms with E-state index in [1.807, 2.05) is 24.3 Å². The largest absolute Gasteiger partial charge is 0.497 e. The number of nitrogens with zero attached hydrogens (tertiary/aromatic N) is 2. The Labute approximate surface area is 155 Å². The summed E-state index contributed by atoms with van der Waals surface area (Å²) in [5.41, 5.74) is 1.58. The number of carbonyl (C=O) groups is 1. The molecule has 7 heteroatoms. The van der Waals surface area contributed by atoms with Crippen molar-refractivity contribution in [3.8, 4) is 22.8 Å². The van der Waals surface area contributed by atoms with Gasteiger partial charge < -0.3 is 14.8 Å². The molecule has 132 valence electrons. The highest BCUT2D eigenvalue weighted by molar-refractivity contribution is 6.30. The van der Waals surface area contributed by atoms with Crippen molar-refractivity contribution >= 4 is 23.3 Å². The van der Waals surface area contributed by atoms with Crippen LogP contribution in [0.15, 0.2) is 60.9 Å². The molecule has 0 saturated carbocycles. The van der Waals surface area contributed by atoms with Gasteiger partial charge in [-0.2, -0.15) is 0 Å². The maximum Gasteiger partial charge on any atom is 0.263 e. The van der Waals surface area contributed by atoms with Gasteiger partial charge in [-0.1, -0.05) is 11.6 Å². The highest BCUT2D eigenvalue weighted by atomic mass is 35.5. The van der Waals surface area contributed by atoms with E-state index in [9.17, 15) is 4.79 Å². The van der Waals surface area contributed by atoms with E-state index in [2.05, 4.69) is 15.3 Å². The third-order valence-electron chi connectivity index (χ3n) is 3.50. The Morgan fingerprint density at radius 1 is 1.04 bits per heavy atom. The van der Waals surface area contributed by atoms with Crippen LogP contribution in [-0.4, -0.2) is 29.6 Å². The van der Waals surface area contributed by atoms with E-state index in [1.165, 1.54) is 6.33 Å². The minimum atomic E-state index is -0.320. The summed E-state index contributed by atoms with van der Waals surface area (Å²) in [6.45, 7) is -0.135. The van der Waals surface area contributed by atoms with Crippen LogP contribution in [0.3, 0.4) is 0 Å². The molecule has 26 heavy (non-hydrogen) atoms. The first-order valence-electron chi connectivity index (χ1n) is 7.79. The Morgan fingerprint density at radius 2 is 1.73 bits per heavy atom. The van der Waals surface area contributed by atoms with Gasteiger partial charge in [0.05, 0.1) is 12.8 Å². The molecule has 1 N–H and O–H groups in total. The molecule has 2 aromatic carbocycles. The molecule has 0 fully saturated rings. The summed E-state index contributed by atoms with van der Waals surface area (Å²) in [6, 6.07) is 15.9. The summed E-state index contributed by atoms with van der Waals surface area (Å²) in [6.07, 6.45) is 1.40. The molecule has 0 atom stereocenters. The number of rotatable bonds is 6. The van der Waals surface area contributed by atoms with Gasteiger partial charge in [0.2, 0.25) is 0 Å². The molecule has 0 aliphatic rings. The first-order valence-corrected chi connectivity index (χ1v) is 8.16. The van der Waals surface area contributed by atoms with E-state index in [0.717, 1.165) is 11.3 Å². The predicted octanol–water partition coefficient (Wildman–Crippen LogP) is 3.82. The van der Waals surface area contributed by atoms with Crippen molar-refractivity contribution in [2.24, 2.45) is 0 Å². The molecule has 3 aromatic rings. The van der Waals surface area contributed by atoms with E-state index in [1.54, 1.807) is 37.4 Å². The zero-order valence-electron chi connectivity index (χ0n) is 14.0. The average Bonchev–Trinajstić information content (AvgIpc) is 2.68. The molecular formula is C19H16ClN3O3. The van der Waals surface area contributed by atoms with Crippen molar-refractivity contribution in [1.29, 1.82) is 0 Å². The number of methoxy groups -OCH3 is 1. The number of aromatic nitrogens is 2. The second kappa shape index (κ2) is 8.31. The van der Waals surface area contributed by atoms with Gasteiger partial charge in [0.25, 0.3) is 5.91 Å². The number of benzene rings is 2. The average molecular weight is 370 g/mol. The molecule has 6 nitrogen and oxygen atoms in total. The van der Waals surface area contributed by atoms with Gasteiger partial charge in [-0.15, -0.1) is 0 Å². The number of anilines is 1. The summed E-state index contributed by atoms with van der Waals surface area (Å²) in [4.78, 5) is 20.3. The first kappa shape index (κ1) is 17.7. The number of halogens is 1. The van der Waals surface area contributed by atoms with Crippen molar-refractivity contribution in [2.75, 3.05) is 19.0 Å². The van der Waals surface area contributed by atoms with Crippen LogP contribution in [-0.2, 0) is 4.79 Å². The molecule has 0 bridgehead atoms. The summed E-state index contributed by atoms with van der Waals surface area (Å²) >= 11 is 5.81. The van der Waals surface area contributed by atoms with E-state index >= 15 is 0 Å². The molecular weight excluding hydrogens is 354 g/mol. The molecule has 1 aromatic heterocycles. The van der Waals surface area contributed by atoms with Gasteiger partial charge in [-0.3, -0.25) is 4.79 Å². The molecule has 0 aliphatic heterocycles. The lowest BCUT2D eigenvalue weighted by Crippen LogP contribution is -2.20. The zero-order valence-corrected chi connectivity index (χ0v) is 14.7. The Kier molecular flexibility index (Phi) is 5.66. The molecule has 0 unspecified atom stereocenters. The third-order valence-corrected chi connectivity index (χ3v) is 3.76. The van der Waals surface area contributed by atoms with Gasteiger partial charge in [0.1, 0.15) is 23.6 Å². The minimum absolute atomic E-state index is 0.135. The number of amides is 1. The third kappa shape index (κ3) is 4.70. The van der Waals surface area contributed by atoms with Crippen LogP contribution >= 0.6 is 11.6 Å². The molecule has 0 saturated heterocycles. The normalized spacial score (nSPS) is 10.2. The molecule has 0 spiro atoms. The fourth-order valence-corrected chi connectivity index (χ4v) is 2.33. The van der Waals surface area contributed by atoms with Crippen LogP contribution in [0.4, 0.5) is 5.82 Å². The van der Waals surface area contributed by atoms with Crippen molar-refractivity contribution < 1.29 is 14.3 Å². The van der Waals surface area contributed by atoms with Crippen LogP contribution in [0.1, 0.15) is 0 Å². The molecule has 1 heterocycles. The van der Waals surface area contributed by atoms with Crippen LogP contribution < -0.4 is 14.8 Å². The van der Waals surface area contributed by atoms with Crippen LogP contribution in [0.2, 0.25) is 5.02 Å². The maximum absolute atomic E-state index is 12.0. The fraction of sp³-hybridized carbons (Fsp3) is 0.105. The lowest BCUT2D eigenvalue weighted by molar-refractivity contribution is -0.118. The molecule has 1 amide bonds. The number of nitrogens with one attached hydrogen (secondary N) is 1. The Morgan fingerprint density at radius 3 is 2.42 bits per heavy atom. The number of hydrogen-bond donors (Lipinski definition) is 1. The highest BCUT2D eigenvalue weighted by Crippen LogP contribution is 2.22. The zero-order chi connectivity index (χ0) is 18.4. The lowest BCUT2D eigenvalue weighted by Gasteiger charge is -2.08. The van der Waals surface area contributed by atoms with Crippen molar-refractivity contribution in [3.05, 3.63) is 65.9 Å². The van der Waals surface area contributed by atoms with Crippen LogP contribution in [0, 0.1) is 0 Å². The summed E-state index contributed by atoms with van der Waals surface area (Å²) in [7, 11) is 1.61. The molecule has 3 rings (SSSR count). The van der Waals surface area contributed by atoms with Gasteiger partial charge in [-0.05, 0) is 48.5 Å². The monoisotopic (exact) mass is 369 g/mol. The van der Waals surface area contributed by atoms with Crippen LogP contribution in [0.25, 0.3) is 11.3 Å². The topological polar surface area (TPSA) is 73.3 Å².